The molecule has 0 N–H and O–H groups in total. The summed E-state index contributed by atoms with van der Waals surface area (Å²) in [7, 11) is 0. The van der Waals surface area contributed by atoms with E-state index in [1.807, 2.05) is 18.2 Å². The summed E-state index contributed by atoms with van der Waals surface area (Å²) in [6.45, 7) is 0. The van der Waals surface area contributed by atoms with Gasteiger partial charge in [0, 0.05) is 5.92 Å². The first-order chi connectivity index (χ1) is 6.95. The van der Waals surface area contributed by atoms with Crippen molar-refractivity contribution in [2.75, 3.05) is 0 Å². The fourth-order valence-corrected chi connectivity index (χ4v) is 1.41. The van der Waals surface area contributed by atoms with Crippen LogP contribution in [0.3, 0.4) is 0 Å². The molecule has 0 heterocycles. The van der Waals surface area contributed by atoms with Crippen molar-refractivity contribution in [3.05, 3.63) is 60.8 Å². The summed E-state index contributed by atoms with van der Waals surface area (Å²) in [5, 5.41) is 0. The standard InChI is InChI=1S/C14H12/c1-2-8-13(7-1)11-5-6-12-14-9-3-4-10-14/h1-5,7-11,13-14H/b11-5+. The Bertz CT molecular complexity index is 367. The van der Waals surface area contributed by atoms with Crippen LogP contribution in [0.25, 0.3) is 0 Å². The van der Waals surface area contributed by atoms with Crippen LogP contribution in [-0.4, -0.2) is 0 Å². The fourth-order valence-electron chi connectivity index (χ4n) is 1.41. The lowest BCUT2D eigenvalue weighted by Gasteiger charge is -1.91. The van der Waals surface area contributed by atoms with Gasteiger partial charge in [0.2, 0.25) is 0 Å². The number of hydrogen-bond acceptors (Lipinski definition) is 0. The monoisotopic (exact) mass is 180 g/mol. The fraction of sp³-hybridized carbons (Fsp3) is 0.143. The SMILES string of the molecule is C(#CC1C=CC=C1)/C=C/C1C=CC=C1. The molecule has 0 aromatic carbocycles. The molecule has 0 saturated carbocycles. The number of hydrogen-bond donors (Lipinski definition) is 0. The van der Waals surface area contributed by atoms with Crippen LogP contribution in [0, 0.1) is 23.7 Å². The van der Waals surface area contributed by atoms with Gasteiger partial charge in [-0.2, -0.15) is 0 Å². The minimum Gasteiger partial charge on any atom is -0.0867 e. The molecule has 0 bridgehead atoms. The molecule has 2 rings (SSSR count). The van der Waals surface area contributed by atoms with E-state index in [0.717, 1.165) is 0 Å². The summed E-state index contributed by atoms with van der Waals surface area (Å²) >= 11 is 0. The molecule has 0 saturated heterocycles. The molecule has 2 aliphatic rings. The Morgan fingerprint density at radius 1 is 0.857 bits per heavy atom. The van der Waals surface area contributed by atoms with Crippen LogP contribution in [-0.2, 0) is 0 Å². The van der Waals surface area contributed by atoms with Crippen molar-refractivity contribution in [3.63, 3.8) is 0 Å². The van der Waals surface area contributed by atoms with E-state index in [9.17, 15) is 0 Å². The molecule has 68 valence electrons. The zero-order valence-electron chi connectivity index (χ0n) is 7.93. The summed E-state index contributed by atoms with van der Waals surface area (Å²) in [5.74, 6) is 6.96. The van der Waals surface area contributed by atoms with E-state index in [1.165, 1.54) is 0 Å². The van der Waals surface area contributed by atoms with E-state index in [-0.39, 0.29) is 0 Å². The molecule has 0 aliphatic heterocycles. The molecular weight excluding hydrogens is 168 g/mol. The van der Waals surface area contributed by atoms with Crippen molar-refractivity contribution >= 4 is 0 Å². The predicted molar refractivity (Wildman–Crippen MR) is 60.5 cm³/mol. The van der Waals surface area contributed by atoms with E-state index in [1.54, 1.807) is 0 Å². The second-order valence-corrected chi connectivity index (χ2v) is 3.29. The third-order valence-electron chi connectivity index (χ3n) is 2.18. The third kappa shape index (κ3) is 2.37. The van der Waals surface area contributed by atoms with E-state index >= 15 is 0 Å². The van der Waals surface area contributed by atoms with Gasteiger partial charge in [-0.1, -0.05) is 66.5 Å². The van der Waals surface area contributed by atoms with Crippen molar-refractivity contribution in [1.82, 2.24) is 0 Å². The maximum atomic E-state index is 3.15. The highest BCUT2D eigenvalue weighted by molar-refractivity contribution is 5.31. The van der Waals surface area contributed by atoms with Gasteiger partial charge >= 0.3 is 0 Å². The third-order valence-corrected chi connectivity index (χ3v) is 2.18. The lowest BCUT2D eigenvalue weighted by atomic mass is 10.1. The quantitative estimate of drug-likeness (QED) is 0.544. The van der Waals surface area contributed by atoms with Crippen LogP contribution >= 0.6 is 0 Å². The Hall–Kier alpha value is -1.74. The second-order valence-electron chi connectivity index (χ2n) is 3.29. The minimum atomic E-state index is 0.314. The molecule has 0 atom stereocenters. The zero-order chi connectivity index (χ0) is 9.64. The molecule has 0 nitrogen and oxygen atoms in total. The highest BCUT2D eigenvalue weighted by atomic mass is 14.0. The molecule has 0 heteroatoms. The van der Waals surface area contributed by atoms with Crippen molar-refractivity contribution < 1.29 is 0 Å². The van der Waals surface area contributed by atoms with E-state index in [4.69, 9.17) is 0 Å². The van der Waals surface area contributed by atoms with Gasteiger partial charge in [-0.15, -0.1) is 0 Å². The molecule has 0 fully saturated rings. The Morgan fingerprint density at radius 3 is 2.21 bits per heavy atom. The molecule has 14 heavy (non-hydrogen) atoms. The second kappa shape index (κ2) is 4.48. The van der Waals surface area contributed by atoms with Crippen molar-refractivity contribution in [2.24, 2.45) is 11.8 Å². The summed E-state index contributed by atoms with van der Waals surface area (Å²) < 4.78 is 0. The average Bonchev–Trinajstić information content (AvgIpc) is 2.86. The molecular formula is C14H12. The van der Waals surface area contributed by atoms with Crippen LogP contribution in [0.15, 0.2) is 60.8 Å². The average molecular weight is 180 g/mol. The van der Waals surface area contributed by atoms with Crippen molar-refractivity contribution in [2.45, 2.75) is 0 Å². The minimum absolute atomic E-state index is 0.314. The van der Waals surface area contributed by atoms with E-state index < -0.39 is 0 Å². The molecule has 0 amide bonds. The molecule has 0 aromatic rings. The van der Waals surface area contributed by atoms with E-state index in [2.05, 4.69) is 54.4 Å². The molecule has 2 aliphatic carbocycles. The summed E-state index contributed by atoms with van der Waals surface area (Å²) in [5.41, 5.74) is 0. The Balaban J connectivity index is 1.86. The van der Waals surface area contributed by atoms with Crippen LogP contribution in [0.1, 0.15) is 0 Å². The van der Waals surface area contributed by atoms with Crippen LogP contribution in [0.5, 0.6) is 0 Å². The molecule has 0 spiro atoms. The Morgan fingerprint density at radius 2 is 1.50 bits per heavy atom. The van der Waals surface area contributed by atoms with Gasteiger partial charge in [0.05, 0.1) is 5.92 Å². The van der Waals surface area contributed by atoms with Gasteiger partial charge in [0.15, 0.2) is 0 Å². The summed E-state index contributed by atoms with van der Waals surface area (Å²) in [4.78, 5) is 0. The largest absolute Gasteiger partial charge is 0.0867 e. The zero-order valence-corrected chi connectivity index (χ0v) is 7.93. The first-order valence-corrected chi connectivity index (χ1v) is 4.83. The molecule has 0 unspecified atom stereocenters. The van der Waals surface area contributed by atoms with Gasteiger partial charge in [-0.25, -0.2) is 0 Å². The van der Waals surface area contributed by atoms with Gasteiger partial charge in [-0.3, -0.25) is 0 Å². The molecule has 0 radical (unpaired) electrons. The summed E-state index contributed by atoms with van der Waals surface area (Å²) in [6, 6.07) is 0. The first-order valence-electron chi connectivity index (χ1n) is 4.83. The van der Waals surface area contributed by atoms with Crippen LogP contribution in [0.4, 0.5) is 0 Å². The smallest absolute Gasteiger partial charge is 0.0573 e. The van der Waals surface area contributed by atoms with Gasteiger partial charge in [0.1, 0.15) is 0 Å². The maximum absolute atomic E-state index is 3.15. The number of allylic oxidation sites excluding steroid dienone is 10. The van der Waals surface area contributed by atoms with Crippen LogP contribution in [0.2, 0.25) is 0 Å². The maximum Gasteiger partial charge on any atom is 0.0573 e. The van der Waals surface area contributed by atoms with Gasteiger partial charge in [-0.05, 0) is 6.08 Å². The van der Waals surface area contributed by atoms with Gasteiger partial charge < -0.3 is 0 Å². The Labute approximate surface area is 85.0 Å². The van der Waals surface area contributed by atoms with Crippen molar-refractivity contribution in [3.8, 4) is 11.8 Å². The first kappa shape index (κ1) is 8.84. The predicted octanol–water partition coefficient (Wildman–Crippen LogP) is 3.03. The highest BCUT2D eigenvalue weighted by Crippen LogP contribution is 2.09. The Kier molecular flexibility index (Phi) is 2.83. The van der Waals surface area contributed by atoms with E-state index in [0.29, 0.717) is 11.8 Å². The highest BCUT2D eigenvalue weighted by Gasteiger charge is 1.97. The van der Waals surface area contributed by atoms with Crippen molar-refractivity contribution in [1.29, 1.82) is 0 Å². The van der Waals surface area contributed by atoms with Crippen LogP contribution < -0.4 is 0 Å². The molecule has 0 aromatic heterocycles. The van der Waals surface area contributed by atoms with Gasteiger partial charge in [0.25, 0.3) is 0 Å². The lowest BCUT2D eigenvalue weighted by molar-refractivity contribution is 1.09. The normalized spacial score (nSPS) is 19.7. The summed E-state index contributed by atoms with van der Waals surface area (Å²) in [6.07, 6.45) is 20.7. The topological polar surface area (TPSA) is 0 Å². The number of rotatable bonds is 1. The lowest BCUT2D eigenvalue weighted by Crippen LogP contribution is -1.81.